The average molecular weight is 400 g/mol. The molecule has 1 aromatic heterocycles. The fraction of sp³-hybridized carbons (Fsp3) is 0.545. The van der Waals surface area contributed by atoms with Gasteiger partial charge in [0, 0.05) is 31.7 Å². The summed E-state index contributed by atoms with van der Waals surface area (Å²) in [5.74, 6) is -0.897. The minimum Gasteiger partial charge on any atom is -0.477 e. The van der Waals surface area contributed by atoms with Crippen LogP contribution in [0.25, 0.3) is 11.3 Å². The first kappa shape index (κ1) is 19.4. The summed E-state index contributed by atoms with van der Waals surface area (Å²) < 4.78 is 0. The molecule has 0 amide bonds. The van der Waals surface area contributed by atoms with Crippen molar-refractivity contribution >= 4 is 22.4 Å². The Labute approximate surface area is 170 Å². The predicted octanol–water partition coefficient (Wildman–Crippen LogP) is 4.27. The van der Waals surface area contributed by atoms with Crippen LogP contribution in [-0.4, -0.2) is 42.2 Å². The highest BCUT2D eigenvalue weighted by molar-refractivity contribution is 7.17. The van der Waals surface area contributed by atoms with Gasteiger partial charge in [-0.1, -0.05) is 51.2 Å². The molecule has 0 bridgehead atoms. The van der Waals surface area contributed by atoms with Crippen molar-refractivity contribution in [1.29, 1.82) is 0 Å². The molecule has 0 atom stereocenters. The molecule has 1 aliphatic heterocycles. The Morgan fingerprint density at radius 2 is 1.75 bits per heavy atom. The van der Waals surface area contributed by atoms with Gasteiger partial charge in [0.25, 0.3) is 0 Å². The van der Waals surface area contributed by atoms with Crippen LogP contribution in [0.4, 0.5) is 5.13 Å². The van der Waals surface area contributed by atoms with Crippen LogP contribution < -0.4 is 10.2 Å². The molecule has 0 spiro atoms. The van der Waals surface area contributed by atoms with Crippen LogP contribution in [0.3, 0.4) is 0 Å². The van der Waals surface area contributed by atoms with Crippen LogP contribution in [0.15, 0.2) is 18.2 Å². The van der Waals surface area contributed by atoms with Gasteiger partial charge in [-0.05, 0) is 40.9 Å². The number of thiazole rings is 1. The van der Waals surface area contributed by atoms with E-state index in [1.165, 1.54) is 22.5 Å². The maximum atomic E-state index is 11.9. The fourth-order valence-electron chi connectivity index (χ4n) is 4.38. The van der Waals surface area contributed by atoms with Gasteiger partial charge in [0.05, 0.1) is 5.69 Å². The molecule has 1 fully saturated rings. The first-order chi connectivity index (χ1) is 13.2. The van der Waals surface area contributed by atoms with E-state index in [1.807, 2.05) is 0 Å². The number of carboxylic acids is 1. The topological polar surface area (TPSA) is 65.5 Å². The Kier molecular flexibility index (Phi) is 4.74. The van der Waals surface area contributed by atoms with E-state index in [0.717, 1.165) is 49.7 Å². The maximum absolute atomic E-state index is 11.9. The zero-order chi connectivity index (χ0) is 20.1. The summed E-state index contributed by atoms with van der Waals surface area (Å²) in [6, 6.07) is 6.45. The summed E-state index contributed by atoms with van der Waals surface area (Å²) in [4.78, 5) is 19.3. The third-order valence-electron chi connectivity index (χ3n) is 6.32. The molecule has 0 saturated carbocycles. The van der Waals surface area contributed by atoms with Crippen LogP contribution >= 0.6 is 11.3 Å². The molecule has 5 nitrogen and oxygen atoms in total. The Hall–Kier alpha value is -1.92. The Bertz CT molecular complexity index is 911. The summed E-state index contributed by atoms with van der Waals surface area (Å²) in [7, 11) is 0. The van der Waals surface area contributed by atoms with Crippen molar-refractivity contribution in [3.8, 4) is 11.3 Å². The number of aromatic carboxylic acids is 1. The van der Waals surface area contributed by atoms with Crippen molar-refractivity contribution in [2.75, 3.05) is 31.1 Å². The molecule has 2 aliphatic rings. The van der Waals surface area contributed by atoms with Crippen LogP contribution in [0.5, 0.6) is 0 Å². The van der Waals surface area contributed by atoms with Crippen LogP contribution in [0.2, 0.25) is 0 Å². The van der Waals surface area contributed by atoms with E-state index >= 15 is 0 Å². The second-order valence-corrected chi connectivity index (χ2v) is 10.2. The van der Waals surface area contributed by atoms with Gasteiger partial charge < -0.3 is 15.3 Å². The zero-order valence-electron chi connectivity index (χ0n) is 17.1. The van der Waals surface area contributed by atoms with E-state index in [0.29, 0.717) is 10.6 Å². The molecular formula is C22H29N3O2S. The van der Waals surface area contributed by atoms with Crippen LogP contribution in [0, 0.1) is 0 Å². The standard InChI is InChI=1S/C22H29N3O2S/c1-21(2)7-8-22(3,4)16-13-14(5-6-15(16)21)17-18(19(26)27)28-20(24-17)25-11-9-23-10-12-25/h5-6,13,23H,7-12H2,1-4H3,(H,26,27). The molecule has 2 heterocycles. The number of fused-ring (bicyclic) bond motifs is 1. The number of nitrogens with zero attached hydrogens (tertiary/aromatic N) is 2. The molecule has 0 unspecified atom stereocenters. The quantitative estimate of drug-likeness (QED) is 0.807. The largest absolute Gasteiger partial charge is 0.477 e. The lowest BCUT2D eigenvalue weighted by atomic mass is 9.63. The number of nitrogens with one attached hydrogen (secondary N) is 1. The number of hydrogen-bond donors (Lipinski definition) is 2. The molecular weight excluding hydrogens is 370 g/mol. The highest BCUT2D eigenvalue weighted by Gasteiger charge is 2.37. The Morgan fingerprint density at radius 3 is 2.39 bits per heavy atom. The number of anilines is 1. The smallest absolute Gasteiger partial charge is 0.348 e. The molecule has 2 N–H and O–H groups in total. The van der Waals surface area contributed by atoms with E-state index in [4.69, 9.17) is 4.98 Å². The third-order valence-corrected chi connectivity index (χ3v) is 7.43. The van der Waals surface area contributed by atoms with Crippen molar-refractivity contribution in [1.82, 2.24) is 10.3 Å². The summed E-state index contributed by atoms with van der Waals surface area (Å²) in [6.45, 7) is 12.7. The van der Waals surface area contributed by atoms with E-state index in [1.54, 1.807) is 0 Å². The molecule has 2 aromatic rings. The lowest BCUT2D eigenvalue weighted by Crippen LogP contribution is -2.43. The minimum atomic E-state index is -0.897. The predicted molar refractivity (Wildman–Crippen MR) is 115 cm³/mol. The van der Waals surface area contributed by atoms with Gasteiger partial charge in [-0.15, -0.1) is 0 Å². The highest BCUT2D eigenvalue weighted by atomic mass is 32.1. The monoisotopic (exact) mass is 399 g/mol. The summed E-state index contributed by atoms with van der Waals surface area (Å²) >= 11 is 1.29. The number of aromatic nitrogens is 1. The van der Waals surface area contributed by atoms with Crippen LogP contribution in [-0.2, 0) is 10.8 Å². The summed E-state index contributed by atoms with van der Waals surface area (Å²) in [6.07, 6.45) is 2.29. The molecule has 4 rings (SSSR count). The van der Waals surface area contributed by atoms with E-state index in [9.17, 15) is 9.90 Å². The van der Waals surface area contributed by atoms with Gasteiger partial charge in [-0.3, -0.25) is 0 Å². The van der Waals surface area contributed by atoms with Crippen molar-refractivity contribution in [2.24, 2.45) is 0 Å². The lowest BCUT2D eigenvalue weighted by Gasteiger charge is -2.42. The first-order valence-corrected chi connectivity index (χ1v) is 10.9. The van der Waals surface area contributed by atoms with Gasteiger partial charge in [0.15, 0.2) is 5.13 Å². The molecule has 1 saturated heterocycles. The van der Waals surface area contributed by atoms with Crippen molar-refractivity contribution in [3.63, 3.8) is 0 Å². The Balaban J connectivity index is 1.81. The van der Waals surface area contributed by atoms with Gasteiger partial charge >= 0.3 is 5.97 Å². The molecule has 150 valence electrons. The molecule has 1 aliphatic carbocycles. The van der Waals surface area contributed by atoms with Crippen LogP contribution in [0.1, 0.15) is 61.3 Å². The van der Waals surface area contributed by atoms with E-state index < -0.39 is 5.97 Å². The first-order valence-electron chi connectivity index (χ1n) is 10.0. The second kappa shape index (κ2) is 6.85. The number of carbonyl (C=O) groups is 1. The second-order valence-electron chi connectivity index (χ2n) is 9.24. The summed E-state index contributed by atoms with van der Waals surface area (Å²) in [5, 5.41) is 13.9. The average Bonchev–Trinajstić information content (AvgIpc) is 3.12. The molecule has 6 heteroatoms. The maximum Gasteiger partial charge on any atom is 0.348 e. The van der Waals surface area contributed by atoms with E-state index in [-0.39, 0.29) is 10.8 Å². The third kappa shape index (κ3) is 3.33. The number of hydrogen-bond acceptors (Lipinski definition) is 5. The SMILES string of the molecule is CC1(C)CCC(C)(C)c2cc(-c3nc(N4CCNCC4)sc3C(=O)O)ccc21. The highest BCUT2D eigenvalue weighted by Crippen LogP contribution is 2.47. The van der Waals surface area contributed by atoms with Gasteiger partial charge in [0.1, 0.15) is 4.88 Å². The normalized spacial score (nSPS) is 20.6. The molecule has 0 radical (unpaired) electrons. The van der Waals surface area contributed by atoms with Gasteiger partial charge in [-0.25, -0.2) is 9.78 Å². The Morgan fingerprint density at radius 1 is 1.11 bits per heavy atom. The minimum absolute atomic E-state index is 0.0850. The number of rotatable bonds is 3. The van der Waals surface area contributed by atoms with Gasteiger partial charge in [-0.2, -0.15) is 0 Å². The summed E-state index contributed by atoms with van der Waals surface area (Å²) in [5.41, 5.74) is 4.46. The number of carboxylic acid groups (broad SMARTS) is 1. The zero-order valence-corrected chi connectivity index (χ0v) is 17.9. The van der Waals surface area contributed by atoms with Gasteiger partial charge in [0.2, 0.25) is 0 Å². The van der Waals surface area contributed by atoms with Crippen molar-refractivity contribution < 1.29 is 9.90 Å². The number of piperazine rings is 1. The van der Waals surface area contributed by atoms with E-state index in [2.05, 4.69) is 56.1 Å². The van der Waals surface area contributed by atoms with Crippen molar-refractivity contribution in [3.05, 3.63) is 34.2 Å². The van der Waals surface area contributed by atoms with Crippen molar-refractivity contribution in [2.45, 2.75) is 51.4 Å². The number of benzene rings is 1. The fourth-order valence-corrected chi connectivity index (χ4v) is 5.36. The molecule has 1 aromatic carbocycles. The molecule has 28 heavy (non-hydrogen) atoms. The lowest BCUT2D eigenvalue weighted by molar-refractivity contribution is 0.0702.